The van der Waals surface area contributed by atoms with Crippen LogP contribution in [0.4, 0.5) is 0 Å². The van der Waals surface area contributed by atoms with Crippen molar-refractivity contribution in [2.45, 2.75) is 32.2 Å². The Kier molecular flexibility index (Phi) is 4.56. The van der Waals surface area contributed by atoms with E-state index in [0.29, 0.717) is 12.0 Å². The Morgan fingerprint density at radius 1 is 1.43 bits per heavy atom. The first-order chi connectivity index (χ1) is 10.3. The van der Waals surface area contributed by atoms with Crippen LogP contribution in [0.1, 0.15) is 25.5 Å². The molecule has 2 unspecified atom stereocenters. The fourth-order valence-electron chi connectivity index (χ4n) is 3.37. The molecule has 21 heavy (non-hydrogen) atoms. The number of nitrogens with one attached hydrogen (secondary N) is 1. The van der Waals surface area contributed by atoms with E-state index in [9.17, 15) is 0 Å². The number of nitrogens with zero attached hydrogens (tertiary/aromatic N) is 2. The van der Waals surface area contributed by atoms with Gasteiger partial charge in [0.05, 0.1) is 11.2 Å². The van der Waals surface area contributed by atoms with Gasteiger partial charge in [-0.2, -0.15) is 5.10 Å². The van der Waals surface area contributed by atoms with Gasteiger partial charge >= 0.3 is 0 Å². The quantitative estimate of drug-likeness (QED) is 0.887. The zero-order chi connectivity index (χ0) is 14.7. The van der Waals surface area contributed by atoms with Crippen LogP contribution in [0.25, 0.3) is 10.9 Å². The van der Waals surface area contributed by atoms with Crippen LogP contribution in [-0.4, -0.2) is 35.6 Å². The summed E-state index contributed by atoms with van der Waals surface area (Å²) in [4.78, 5) is 0. The third kappa shape index (κ3) is 3.27. The molecule has 0 spiro atoms. The van der Waals surface area contributed by atoms with Crippen molar-refractivity contribution >= 4 is 10.9 Å². The summed E-state index contributed by atoms with van der Waals surface area (Å²) in [5, 5.41) is 9.64. The molecular formula is C17H25N3O. The third-order valence-corrected chi connectivity index (χ3v) is 4.41. The molecule has 1 aliphatic heterocycles. The number of ether oxygens (including phenoxy) is 1. The first-order valence-corrected chi connectivity index (χ1v) is 7.99. The molecule has 1 aromatic carbocycles. The summed E-state index contributed by atoms with van der Waals surface area (Å²) in [6, 6.07) is 8.98. The van der Waals surface area contributed by atoms with Gasteiger partial charge in [-0.3, -0.25) is 4.68 Å². The molecule has 2 atom stereocenters. The number of hydrogen-bond donors (Lipinski definition) is 1. The van der Waals surface area contributed by atoms with Gasteiger partial charge < -0.3 is 10.1 Å². The Bertz CT molecular complexity index is 587. The first kappa shape index (κ1) is 14.5. The lowest BCUT2D eigenvalue weighted by Crippen LogP contribution is -2.33. The summed E-state index contributed by atoms with van der Waals surface area (Å²) in [5.74, 6) is 0.698. The maximum atomic E-state index is 5.51. The lowest BCUT2D eigenvalue weighted by molar-refractivity contribution is 0.181. The van der Waals surface area contributed by atoms with Gasteiger partial charge in [0.15, 0.2) is 0 Å². The van der Waals surface area contributed by atoms with Crippen LogP contribution in [0, 0.1) is 5.92 Å². The molecule has 4 nitrogen and oxygen atoms in total. The summed E-state index contributed by atoms with van der Waals surface area (Å²) in [5.41, 5.74) is 2.42. The molecular weight excluding hydrogens is 262 g/mol. The van der Waals surface area contributed by atoms with Crippen molar-refractivity contribution < 1.29 is 4.74 Å². The van der Waals surface area contributed by atoms with Crippen molar-refractivity contribution in [3.8, 4) is 0 Å². The highest BCUT2D eigenvalue weighted by atomic mass is 16.5. The van der Waals surface area contributed by atoms with Gasteiger partial charge in [-0.05, 0) is 31.4 Å². The fraction of sp³-hybridized carbons (Fsp3) is 0.588. The van der Waals surface area contributed by atoms with E-state index in [2.05, 4.69) is 36.5 Å². The second-order valence-corrected chi connectivity index (χ2v) is 6.01. The molecule has 3 rings (SSSR count). The average Bonchev–Trinajstić information content (AvgIpc) is 3.09. The summed E-state index contributed by atoms with van der Waals surface area (Å²) in [6.45, 7) is 5.03. The molecule has 1 saturated heterocycles. The molecule has 1 N–H and O–H groups in total. The molecule has 4 heteroatoms. The normalized spacial score (nSPS) is 20.2. The lowest BCUT2D eigenvalue weighted by atomic mass is 9.95. The van der Waals surface area contributed by atoms with Crippen molar-refractivity contribution in [1.82, 2.24) is 15.1 Å². The van der Waals surface area contributed by atoms with Crippen LogP contribution in [0.3, 0.4) is 0 Å². The molecule has 0 radical (unpaired) electrons. The summed E-state index contributed by atoms with van der Waals surface area (Å²) >= 11 is 0. The van der Waals surface area contributed by atoms with Crippen molar-refractivity contribution in [1.29, 1.82) is 0 Å². The largest absolute Gasteiger partial charge is 0.381 e. The van der Waals surface area contributed by atoms with Gasteiger partial charge in [0, 0.05) is 38.1 Å². The van der Waals surface area contributed by atoms with Crippen molar-refractivity contribution in [2.24, 2.45) is 13.0 Å². The number of aryl methyl sites for hydroxylation is 1. The van der Waals surface area contributed by atoms with Crippen molar-refractivity contribution in [2.75, 3.05) is 19.8 Å². The molecule has 1 fully saturated rings. The zero-order valence-corrected chi connectivity index (χ0v) is 13.0. The standard InChI is InChI=1S/C17H25N3O/c1-3-18-14(10-13-8-9-21-12-13)11-16-15-6-4-5-7-17(15)20(2)19-16/h4-7,13-14,18H,3,8-12H2,1-2H3. The minimum Gasteiger partial charge on any atom is -0.381 e. The molecule has 1 aliphatic rings. The van der Waals surface area contributed by atoms with Crippen LogP contribution in [0.5, 0.6) is 0 Å². The van der Waals surface area contributed by atoms with Gasteiger partial charge in [-0.15, -0.1) is 0 Å². The van der Waals surface area contributed by atoms with E-state index in [1.807, 2.05) is 11.7 Å². The van der Waals surface area contributed by atoms with Crippen LogP contribution in [0.2, 0.25) is 0 Å². The van der Waals surface area contributed by atoms with Crippen molar-refractivity contribution in [3.05, 3.63) is 30.0 Å². The first-order valence-electron chi connectivity index (χ1n) is 7.99. The van der Waals surface area contributed by atoms with Gasteiger partial charge in [-0.1, -0.05) is 25.1 Å². The summed E-state index contributed by atoms with van der Waals surface area (Å²) < 4.78 is 7.51. The SMILES string of the molecule is CCNC(Cc1nn(C)c2ccccc12)CC1CCOC1. The Morgan fingerprint density at radius 2 is 2.29 bits per heavy atom. The fourth-order valence-corrected chi connectivity index (χ4v) is 3.37. The lowest BCUT2D eigenvalue weighted by Gasteiger charge is -2.20. The van der Waals surface area contributed by atoms with E-state index >= 15 is 0 Å². The second kappa shape index (κ2) is 6.58. The number of hydrogen-bond acceptors (Lipinski definition) is 3. The smallest absolute Gasteiger partial charge is 0.0718 e. The number of fused-ring (bicyclic) bond motifs is 1. The summed E-state index contributed by atoms with van der Waals surface area (Å²) in [7, 11) is 2.03. The molecule has 0 saturated carbocycles. The van der Waals surface area contributed by atoms with Gasteiger partial charge in [-0.25, -0.2) is 0 Å². The zero-order valence-electron chi connectivity index (χ0n) is 13.0. The minimum atomic E-state index is 0.486. The number of aromatic nitrogens is 2. The molecule has 2 heterocycles. The van der Waals surface area contributed by atoms with Crippen LogP contribution < -0.4 is 5.32 Å². The van der Waals surface area contributed by atoms with Gasteiger partial charge in [0.1, 0.15) is 0 Å². The highest BCUT2D eigenvalue weighted by molar-refractivity contribution is 5.81. The van der Waals surface area contributed by atoms with E-state index in [1.165, 1.54) is 29.4 Å². The molecule has 0 bridgehead atoms. The van der Waals surface area contributed by atoms with Crippen molar-refractivity contribution in [3.63, 3.8) is 0 Å². The average molecular weight is 287 g/mol. The van der Waals surface area contributed by atoms with Crippen LogP contribution in [-0.2, 0) is 18.2 Å². The second-order valence-electron chi connectivity index (χ2n) is 6.01. The predicted molar refractivity (Wildman–Crippen MR) is 85.4 cm³/mol. The number of likely N-dealkylation sites (N-methyl/N-ethyl adjacent to an activating group) is 1. The molecule has 2 aromatic rings. The molecule has 114 valence electrons. The van der Waals surface area contributed by atoms with Gasteiger partial charge in [0.2, 0.25) is 0 Å². The molecule has 0 aliphatic carbocycles. The highest BCUT2D eigenvalue weighted by Crippen LogP contribution is 2.23. The van der Waals surface area contributed by atoms with E-state index < -0.39 is 0 Å². The maximum Gasteiger partial charge on any atom is 0.0718 e. The topological polar surface area (TPSA) is 39.1 Å². The van der Waals surface area contributed by atoms with Gasteiger partial charge in [0.25, 0.3) is 0 Å². The summed E-state index contributed by atoms with van der Waals surface area (Å²) in [6.07, 6.45) is 3.37. The Morgan fingerprint density at radius 3 is 3.05 bits per heavy atom. The van der Waals surface area contributed by atoms with Crippen LogP contribution in [0.15, 0.2) is 24.3 Å². The molecule has 0 amide bonds. The predicted octanol–water partition coefficient (Wildman–Crippen LogP) is 2.52. The van der Waals surface area contributed by atoms with Crippen LogP contribution >= 0.6 is 0 Å². The van der Waals surface area contributed by atoms with E-state index in [0.717, 1.165) is 26.2 Å². The molecule has 1 aromatic heterocycles. The Labute approximate surface area is 126 Å². The van der Waals surface area contributed by atoms with E-state index in [4.69, 9.17) is 9.84 Å². The number of rotatable bonds is 6. The Hall–Kier alpha value is -1.39. The number of para-hydroxylation sites is 1. The minimum absolute atomic E-state index is 0.486. The Balaban J connectivity index is 1.77. The monoisotopic (exact) mass is 287 g/mol. The maximum absolute atomic E-state index is 5.51. The number of benzene rings is 1. The van der Waals surface area contributed by atoms with E-state index in [1.54, 1.807) is 0 Å². The third-order valence-electron chi connectivity index (χ3n) is 4.41. The van der Waals surface area contributed by atoms with E-state index in [-0.39, 0.29) is 0 Å². The highest BCUT2D eigenvalue weighted by Gasteiger charge is 2.22.